The Morgan fingerprint density at radius 1 is 1.25 bits per heavy atom. The second-order valence-electron chi connectivity index (χ2n) is 14.5. The number of aromatic nitrogens is 2. The maximum atomic E-state index is 17.3. The number of anilines is 2. The van der Waals surface area contributed by atoms with Crippen molar-refractivity contribution in [2.24, 2.45) is 0 Å². The summed E-state index contributed by atoms with van der Waals surface area (Å²) < 4.78 is 71.1. The molecule has 0 bridgehead atoms. The largest absolute Gasteiger partial charge is 0.483 e. The molecule has 0 aliphatic carbocycles. The van der Waals surface area contributed by atoms with Crippen LogP contribution in [0.1, 0.15) is 45.6 Å². The molecule has 6 heterocycles. The van der Waals surface area contributed by atoms with Gasteiger partial charge in [0.1, 0.15) is 52.7 Å². The first kappa shape index (κ1) is 34.0. The summed E-state index contributed by atoms with van der Waals surface area (Å²) >= 11 is 7.91. The van der Waals surface area contributed by atoms with Gasteiger partial charge in [-0.1, -0.05) is 17.7 Å². The van der Waals surface area contributed by atoms with Gasteiger partial charge in [0.15, 0.2) is 11.6 Å². The van der Waals surface area contributed by atoms with Crippen LogP contribution in [-0.4, -0.2) is 90.4 Å². The molecule has 0 saturated carbocycles. The van der Waals surface area contributed by atoms with Gasteiger partial charge in [-0.25, -0.2) is 18.0 Å². The Morgan fingerprint density at radius 2 is 2.06 bits per heavy atom. The van der Waals surface area contributed by atoms with Crippen LogP contribution in [0.5, 0.6) is 11.8 Å². The second-order valence-corrected chi connectivity index (χ2v) is 15.9. The standard InChI is InChI=1S/C35H34ClF3N6O5S/c1-34(2,3)50-33(46)43-31-18(11-40)22-17(6-7-19(38)29(22)51-31)23-25(36)28-24-27(26(23)39)41-32(42-30(24)44(4)20-13-47-14-21(20)49-28)48-15-35-8-5-9-45(35)12-16(37)10-35/h6-7,16,20-21H,5,8-10,12-15H2,1-4H3,(H,43,46)/t16-,20?,21?,35+/m1/s1. The van der Waals surface area contributed by atoms with E-state index < -0.39 is 41.1 Å². The van der Waals surface area contributed by atoms with E-state index in [2.05, 4.69) is 15.2 Å². The average molecular weight is 743 g/mol. The van der Waals surface area contributed by atoms with Gasteiger partial charge in [0.2, 0.25) is 0 Å². The highest BCUT2D eigenvalue weighted by molar-refractivity contribution is 7.23. The fraction of sp³-hybridized carbons (Fsp3) is 0.486. The molecule has 4 aliphatic heterocycles. The van der Waals surface area contributed by atoms with Gasteiger partial charge >= 0.3 is 12.1 Å². The highest BCUT2D eigenvalue weighted by Gasteiger charge is 2.49. The quantitative estimate of drug-likeness (QED) is 0.225. The Hall–Kier alpha value is -4.10. The van der Waals surface area contributed by atoms with Gasteiger partial charge in [-0.15, -0.1) is 11.3 Å². The van der Waals surface area contributed by atoms with Crippen molar-refractivity contribution in [1.29, 1.82) is 5.26 Å². The maximum absolute atomic E-state index is 17.3. The number of carbonyl (C=O) groups is 1. The van der Waals surface area contributed by atoms with Crippen LogP contribution in [0.2, 0.25) is 5.02 Å². The summed E-state index contributed by atoms with van der Waals surface area (Å²) in [5.41, 5.74) is -1.70. The molecule has 1 amide bonds. The Balaban J connectivity index is 1.31. The molecule has 2 unspecified atom stereocenters. The highest BCUT2D eigenvalue weighted by atomic mass is 35.5. The normalized spacial score (nSPS) is 24.3. The molecule has 4 aliphatic rings. The van der Waals surface area contributed by atoms with Crippen molar-refractivity contribution in [3.05, 3.63) is 34.4 Å². The Labute approximate surface area is 300 Å². The number of hydrogen-bond donors (Lipinski definition) is 1. The molecular formula is C35H34ClF3N6O5S. The van der Waals surface area contributed by atoms with Crippen molar-refractivity contribution in [1.82, 2.24) is 14.9 Å². The fourth-order valence-corrected chi connectivity index (χ4v) is 9.22. The molecular weight excluding hydrogens is 709 g/mol. The Morgan fingerprint density at radius 3 is 2.82 bits per heavy atom. The minimum Gasteiger partial charge on any atom is -0.483 e. The lowest BCUT2D eigenvalue weighted by Crippen LogP contribution is -2.44. The highest BCUT2D eigenvalue weighted by Crippen LogP contribution is 2.52. The van der Waals surface area contributed by atoms with Crippen molar-refractivity contribution < 1.29 is 36.9 Å². The number of nitrogens with zero attached hydrogens (tertiary/aromatic N) is 5. The van der Waals surface area contributed by atoms with Crippen LogP contribution in [0.15, 0.2) is 12.1 Å². The van der Waals surface area contributed by atoms with E-state index in [9.17, 15) is 14.4 Å². The van der Waals surface area contributed by atoms with E-state index in [0.29, 0.717) is 25.4 Å². The number of ether oxygens (including phenoxy) is 4. The van der Waals surface area contributed by atoms with Crippen LogP contribution in [0.25, 0.3) is 32.1 Å². The van der Waals surface area contributed by atoms with Crippen LogP contribution in [0.4, 0.5) is 28.8 Å². The van der Waals surface area contributed by atoms with Crippen molar-refractivity contribution in [3.8, 4) is 29.0 Å². The first-order valence-electron chi connectivity index (χ1n) is 16.7. The van der Waals surface area contributed by atoms with E-state index in [1.54, 1.807) is 27.8 Å². The van der Waals surface area contributed by atoms with Gasteiger partial charge in [-0.3, -0.25) is 10.2 Å². The molecule has 3 saturated heterocycles. The number of nitriles is 1. The molecule has 1 N–H and O–H groups in total. The SMILES string of the molecule is CN1c2nc(OC[C@@]34CCCN3C[C@H](F)C4)nc3c(F)c(-c4ccc(F)c5sc(NC(=O)OC(C)(C)C)c(C#N)c45)c(Cl)c(c23)OC2COCC21. The van der Waals surface area contributed by atoms with Crippen LogP contribution >= 0.6 is 22.9 Å². The Bertz CT molecular complexity index is 2160. The fourth-order valence-electron chi connectivity index (χ4n) is 7.83. The van der Waals surface area contributed by atoms with Crippen LogP contribution in [0.3, 0.4) is 0 Å². The number of nitrogens with one attached hydrogen (secondary N) is 1. The molecule has 0 radical (unpaired) electrons. The van der Waals surface area contributed by atoms with Gasteiger partial charge in [0, 0.05) is 31.0 Å². The van der Waals surface area contributed by atoms with Gasteiger partial charge < -0.3 is 23.8 Å². The third-order valence-corrected chi connectivity index (χ3v) is 11.5. The second kappa shape index (κ2) is 12.3. The first-order chi connectivity index (χ1) is 24.3. The third-order valence-electron chi connectivity index (χ3n) is 10.1. The molecule has 2 aromatic carbocycles. The number of amides is 1. The first-order valence-corrected chi connectivity index (χ1v) is 17.9. The third kappa shape index (κ3) is 5.58. The molecule has 11 nitrogen and oxygen atoms in total. The summed E-state index contributed by atoms with van der Waals surface area (Å²) in [5.74, 6) is -1.14. The van der Waals surface area contributed by atoms with Crippen molar-refractivity contribution >= 4 is 60.8 Å². The number of thiophene rings is 1. The average Bonchev–Trinajstić information content (AvgIpc) is 3.82. The minimum absolute atomic E-state index is 0.00282. The van der Waals surface area contributed by atoms with Crippen molar-refractivity contribution in [2.45, 2.75) is 69.5 Å². The van der Waals surface area contributed by atoms with E-state index in [4.69, 9.17) is 35.5 Å². The number of carbonyl (C=O) groups excluding carboxylic acids is 1. The van der Waals surface area contributed by atoms with Crippen molar-refractivity contribution in [3.63, 3.8) is 0 Å². The number of fused-ring (bicyclic) bond motifs is 3. The van der Waals surface area contributed by atoms with E-state index in [0.717, 1.165) is 36.8 Å². The van der Waals surface area contributed by atoms with E-state index in [-0.39, 0.29) is 78.7 Å². The molecule has 0 spiro atoms. The zero-order chi connectivity index (χ0) is 36.0. The monoisotopic (exact) mass is 742 g/mol. The predicted octanol–water partition coefficient (Wildman–Crippen LogP) is 7.21. The lowest BCUT2D eigenvalue weighted by molar-refractivity contribution is 0.0636. The molecule has 8 rings (SSSR count). The number of likely N-dealkylation sites (N-methyl/N-ethyl adjacent to an activating group) is 1. The Kier molecular flexibility index (Phi) is 8.17. The van der Waals surface area contributed by atoms with E-state index >= 15 is 8.78 Å². The number of hydrogen-bond acceptors (Lipinski definition) is 11. The molecule has 4 atom stereocenters. The lowest BCUT2D eigenvalue weighted by atomic mass is 9.95. The molecule has 51 heavy (non-hydrogen) atoms. The van der Waals surface area contributed by atoms with Gasteiger partial charge in [0.25, 0.3) is 0 Å². The summed E-state index contributed by atoms with van der Waals surface area (Å²) in [6, 6.07) is 4.11. The van der Waals surface area contributed by atoms with E-state index in [1.807, 2.05) is 11.0 Å². The number of alkyl halides is 1. The van der Waals surface area contributed by atoms with Gasteiger partial charge in [-0.05, 0) is 51.8 Å². The summed E-state index contributed by atoms with van der Waals surface area (Å²) in [7, 11) is 1.80. The van der Waals surface area contributed by atoms with Gasteiger partial charge in [-0.2, -0.15) is 15.2 Å². The number of halogens is 4. The summed E-state index contributed by atoms with van der Waals surface area (Å²) in [6.07, 6.45) is -0.317. The van der Waals surface area contributed by atoms with Crippen molar-refractivity contribution in [2.75, 3.05) is 50.2 Å². The molecule has 3 fully saturated rings. The van der Waals surface area contributed by atoms with Crippen LogP contribution in [-0.2, 0) is 9.47 Å². The molecule has 16 heteroatoms. The zero-order valence-corrected chi connectivity index (χ0v) is 29.8. The van der Waals surface area contributed by atoms with Gasteiger partial charge in [0.05, 0.1) is 45.5 Å². The summed E-state index contributed by atoms with van der Waals surface area (Å²) in [6.45, 7) is 6.82. The van der Waals surface area contributed by atoms with Crippen LogP contribution < -0.4 is 19.7 Å². The lowest BCUT2D eigenvalue weighted by Gasteiger charge is -2.31. The number of benzene rings is 2. The van der Waals surface area contributed by atoms with Crippen LogP contribution in [0, 0.1) is 23.0 Å². The predicted molar refractivity (Wildman–Crippen MR) is 186 cm³/mol. The summed E-state index contributed by atoms with van der Waals surface area (Å²) in [4.78, 5) is 25.9. The molecule has 2 aromatic heterocycles. The van der Waals surface area contributed by atoms with E-state index in [1.165, 1.54) is 6.07 Å². The zero-order valence-electron chi connectivity index (χ0n) is 28.2. The molecule has 268 valence electrons. The maximum Gasteiger partial charge on any atom is 0.412 e. The number of rotatable bonds is 5. The molecule has 4 aromatic rings. The topological polar surface area (TPSA) is 122 Å². The summed E-state index contributed by atoms with van der Waals surface area (Å²) in [5, 5.41) is 13.0. The minimum atomic E-state index is -0.967. The smallest absolute Gasteiger partial charge is 0.412 e.